The highest BCUT2D eigenvalue weighted by atomic mass is 35.5. The Morgan fingerprint density at radius 3 is 2.75 bits per heavy atom. The standard InChI is InChI=1S/C18H22ClN3O2/c19-14-9-13(3-4-16(14)21-6-1-2-7-21)18(24)22-8-5-12-10-17(23)20-15(12)11-22/h3-4,9,12,15H,1-2,5-8,10-11H2,(H,20,23)/t12-,15-/m1/s1. The second-order valence-electron chi connectivity index (χ2n) is 7.04. The first-order chi connectivity index (χ1) is 11.6. The zero-order valence-electron chi connectivity index (χ0n) is 13.6. The van der Waals surface area contributed by atoms with Crippen molar-refractivity contribution in [2.45, 2.75) is 31.7 Å². The molecule has 1 aromatic rings. The topological polar surface area (TPSA) is 52.7 Å². The van der Waals surface area contributed by atoms with E-state index in [1.54, 1.807) is 6.07 Å². The molecule has 3 heterocycles. The molecular formula is C18H22ClN3O2. The van der Waals surface area contributed by atoms with Gasteiger partial charge in [-0.15, -0.1) is 0 Å². The van der Waals surface area contributed by atoms with Gasteiger partial charge in [0.05, 0.1) is 10.7 Å². The van der Waals surface area contributed by atoms with Gasteiger partial charge in [-0.25, -0.2) is 0 Å². The molecule has 0 radical (unpaired) electrons. The molecule has 2 atom stereocenters. The third kappa shape index (κ3) is 2.86. The van der Waals surface area contributed by atoms with Crippen molar-refractivity contribution in [2.75, 3.05) is 31.1 Å². The van der Waals surface area contributed by atoms with Gasteiger partial charge in [-0.2, -0.15) is 0 Å². The van der Waals surface area contributed by atoms with E-state index in [0.29, 0.717) is 36.0 Å². The summed E-state index contributed by atoms with van der Waals surface area (Å²) in [4.78, 5) is 28.4. The van der Waals surface area contributed by atoms with Crippen molar-refractivity contribution in [1.29, 1.82) is 0 Å². The largest absolute Gasteiger partial charge is 0.370 e. The maximum absolute atomic E-state index is 12.8. The lowest BCUT2D eigenvalue weighted by molar-refractivity contribution is -0.119. The molecule has 0 bridgehead atoms. The van der Waals surface area contributed by atoms with Gasteiger partial charge < -0.3 is 15.1 Å². The summed E-state index contributed by atoms with van der Waals surface area (Å²) in [6, 6.07) is 5.73. The van der Waals surface area contributed by atoms with Crippen LogP contribution in [0.15, 0.2) is 18.2 Å². The lowest BCUT2D eigenvalue weighted by Crippen LogP contribution is -2.49. The van der Waals surface area contributed by atoms with E-state index in [-0.39, 0.29) is 17.9 Å². The average Bonchev–Trinajstić information content (AvgIpc) is 3.21. The van der Waals surface area contributed by atoms with Crippen molar-refractivity contribution in [3.63, 3.8) is 0 Å². The maximum Gasteiger partial charge on any atom is 0.253 e. The van der Waals surface area contributed by atoms with Crippen LogP contribution in [-0.2, 0) is 4.79 Å². The third-order valence-electron chi connectivity index (χ3n) is 5.48. The van der Waals surface area contributed by atoms with Crippen molar-refractivity contribution in [1.82, 2.24) is 10.2 Å². The van der Waals surface area contributed by atoms with E-state index >= 15 is 0 Å². The van der Waals surface area contributed by atoms with Crippen LogP contribution in [0.2, 0.25) is 5.02 Å². The fraction of sp³-hybridized carbons (Fsp3) is 0.556. The molecule has 128 valence electrons. The number of amides is 2. The molecule has 1 aromatic carbocycles. The van der Waals surface area contributed by atoms with Gasteiger partial charge in [0, 0.05) is 44.2 Å². The number of anilines is 1. The zero-order chi connectivity index (χ0) is 16.7. The molecule has 1 N–H and O–H groups in total. The first-order valence-electron chi connectivity index (χ1n) is 8.75. The zero-order valence-corrected chi connectivity index (χ0v) is 14.4. The first-order valence-corrected chi connectivity index (χ1v) is 9.13. The van der Waals surface area contributed by atoms with Crippen molar-refractivity contribution >= 4 is 29.1 Å². The van der Waals surface area contributed by atoms with E-state index < -0.39 is 0 Å². The van der Waals surface area contributed by atoms with E-state index in [1.165, 1.54) is 12.8 Å². The number of carbonyl (C=O) groups excluding carboxylic acids is 2. The van der Waals surface area contributed by atoms with Crippen LogP contribution in [0.5, 0.6) is 0 Å². The van der Waals surface area contributed by atoms with Gasteiger partial charge in [-0.1, -0.05) is 11.6 Å². The number of likely N-dealkylation sites (tertiary alicyclic amines) is 1. The number of fused-ring (bicyclic) bond motifs is 1. The molecule has 5 nitrogen and oxygen atoms in total. The van der Waals surface area contributed by atoms with Gasteiger partial charge in [-0.05, 0) is 43.4 Å². The normalized spacial score (nSPS) is 26.5. The first kappa shape index (κ1) is 15.8. The van der Waals surface area contributed by atoms with E-state index in [9.17, 15) is 9.59 Å². The lowest BCUT2D eigenvalue weighted by Gasteiger charge is -2.34. The molecule has 6 heteroatoms. The highest BCUT2D eigenvalue weighted by Gasteiger charge is 2.38. The summed E-state index contributed by atoms with van der Waals surface area (Å²) in [5.74, 6) is 0.490. The Morgan fingerprint density at radius 2 is 2.00 bits per heavy atom. The summed E-state index contributed by atoms with van der Waals surface area (Å²) in [5.41, 5.74) is 1.65. The van der Waals surface area contributed by atoms with Gasteiger partial charge >= 0.3 is 0 Å². The second kappa shape index (κ2) is 6.28. The predicted molar refractivity (Wildman–Crippen MR) is 93.5 cm³/mol. The van der Waals surface area contributed by atoms with Gasteiger partial charge in [-0.3, -0.25) is 9.59 Å². The Hall–Kier alpha value is -1.75. The minimum Gasteiger partial charge on any atom is -0.370 e. The van der Waals surface area contributed by atoms with Crippen LogP contribution in [0.4, 0.5) is 5.69 Å². The number of nitrogens with one attached hydrogen (secondary N) is 1. The van der Waals surface area contributed by atoms with Gasteiger partial charge in [0.25, 0.3) is 5.91 Å². The highest BCUT2D eigenvalue weighted by molar-refractivity contribution is 6.33. The number of halogens is 1. The van der Waals surface area contributed by atoms with Crippen LogP contribution >= 0.6 is 11.6 Å². The SMILES string of the molecule is O=C1C[C@H]2CCN(C(=O)c3ccc(N4CCCC4)c(Cl)c3)C[C@H]2N1. The van der Waals surface area contributed by atoms with Crippen LogP contribution in [0, 0.1) is 5.92 Å². The maximum atomic E-state index is 12.8. The molecule has 0 aromatic heterocycles. The monoisotopic (exact) mass is 347 g/mol. The summed E-state index contributed by atoms with van der Waals surface area (Å²) in [7, 11) is 0. The van der Waals surface area contributed by atoms with E-state index in [2.05, 4.69) is 10.2 Å². The Balaban J connectivity index is 1.48. The number of hydrogen-bond acceptors (Lipinski definition) is 3. The molecule has 2 amide bonds. The van der Waals surface area contributed by atoms with Gasteiger partial charge in [0.15, 0.2) is 0 Å². The molecule has 3 aliphatic rings. The summed E-state index contributed by atoms with van der Waals surface area (Å²) in [5, 5.41) is 3.63. The van der Waals surface area contributed by atoms with Crippen LogP contribution in [0.1, 0.15) is 36.0 Å². The molecule has 0 aliphatic carbocycles. The van der Waals surface area contributed by atoms with Crippen molar-refractivity contribution in [3.05, 3.63) is 28.8 Å². The number of nitrogens with zero attached hydrogens (tertiary/aromatic N) is 2. The number of hydrogen-bond donors (Lipinski definition) is 1. The second-order valence-corrected chi connectivity index (χ2v) is 7.45. The summed E-state index contributed by atoms with van der Waals surface area (Å²) in [6.07, 6.45) is 3.87. The number of piperidine rings is 1. The lowest BCUT2D eigenvalue weighted by atomic mass is 9.92. The Kier molecular flexibility index (Phi) is 4.12. The molecule has 3 fully saturated rings. The summed E-state index contributed by atoms with van der Waals surface area (Å²) in [6.45, 7) is 3.37. The van der Waals surface area contributed by atoms with E-state index in [1.807, 2.05) is 17.0 Å². The molecule has 0 unspecified atom stereocenters. The fourth-order valence-corrected chi connectivity index (χ4v) is 4.43. The molecule has 0 spiro atoms. The van der Waals surface area contributed by atoms with Crippen molar-refractivity contribution in [2.24, 2.45) is 5.92 Å². The molecule has 3 aliphatic heterocycles. The third-order valence-corrected chi connectivity index (χ3v) is 5.78. The molecule has 3 saturated heterocycles. The van der Waals surface area contributed by atoms with Gasteiger partial charge in [0.1, 0.15) is 0 Å². The number of carbonyl (C=O) groups is 2. The Labute approximate surface area is 146 Å². The fourth-order valence-electron chi connectivity index (χ4n) is 4.13. The quantitative estimate of drug-likeness (QED) is 0.893. The van der Waals surface area contributed by atoms with Crippen molar-refractivity contribution < 1.29 is 9.59 Å². The van der Waals surface area contributed by atoms with Crippen LogP contribution < -0.4 is 10.2 Å². The summed E-state index contributed by atoms with van der Waals surface area (Å²) < 4.78 is 0. The minimum absolute atomic E-state index is 0.00414. The minimum atomic E-state index is 0.00414. The van der Waals surface area contributed by atoms with Gasteiger partial charge in [0.2, 0.25) is 5.91 Å². The molecule has 24 heavy (non-hydrogen) atoms. The number of benzene rings is 1. The van der Waals surface area contributed by atoms with E-state index in [4.69, 9.17) is 11.6 Å². The smallest absolute Gasteiger partial charge is 0.253 e. The van der Waals surface area contributed by atoms with Crippen LogP contribution in [0.25, 0.3) is 0 Å². The highest BCUT2D eigenvalue weighted by Crippen LogP contribution is 2.31. The molecule has 0 saturated carbocycles. The van der Waals surface area contributed by atoms with E-state index in [0.717, 1.165) is 25.2 Å². The average molecular weight is 348 g/mol. The predicted octanol–water partition coefficient (Wildman–Crippen LogP) is 2.29. The van der Waals surface area contributed by atoms with Crippen LogP contribution in [-0.4, -0.2) is 48.9 Å². The number of rotatable bonds is 2. The molecular weight excluding hydrogens is 326 g/mol. The van der Waals surface area contributed by atoms with Crippen molar-refractivity contribution in [3.8, 4) is 0 Å². The van der Waals surface area contributed by atoms with Crippen LogP contribution in [0.3, 0.4) is 0 Å². The molecule has 4 rings (SSSR count). The summed E-state index contributed by atoms with van der Waals surface area (Å²) >= 11 is 6.43. The Morgan fingerprint density at radius 1 is 1.21 bits per heavy atom. The Bertz CT molecular complexity index is 672.